The number of aromatic hydroxyl groups is 1. The van der Waals surface area contributed by atoms with Gasteiger partial charge in [0.25, 0.3) is 5.75 Å². The highest BCUT2D eigenvalue weighted by Gasteiger charge is 2.18. The fourth-order valence-electron chi connectivity index (χ4n) is 1.79. The van der Waals surface area contributed by atoms with Crippen molar-refractivity contribution >= 4 is 11.0 Å². The van der Waals surface area contributed by atoms with Crippen molar-refractivity contribution in [2.45, 2.75) is 13.3 Å². The molecule has 0 atom stereocenters. The molecule has 6 nitrogen and oxygen atoms in total. The summed E-state index contributed by atoms with van der Waals surface area (Å²) in [6, 6.07) is 4.83. The maximum atomic E-state index is 11.8. The van der Waals surface area contributed by atoms with Crippen molar-refractivity contribution in [3.63, 3.8) is 0 Å². The van der Waals surface area contributed by atoms with Crippen LogP contribution in [0.5, 0.6) is 17.2 Å². The quantitative estimate of drug-likeness (QED) is 0.482. The molecule has 1 heterocycles. The Labute approximate surface area is 120 Å². The number of hydrogen-bond donors (Lipinski definition) is 2. The molecule has 2 rings (SSSR count). The van der Waals surface area contributed by atoms with Crippen LogP contribution < -0.4 is 15.1 Å². The lowest BCUT2D eigenvalue weighted by Crippen LogP contribution is -2.05. The largest absolute Gasteiger partial charge is 0.503 e. The van der Waals surface area contributed by atoms with E-state index in [-0.39, 0.29) is 35.7 Å². The van der Waals surface area contributed by atoms with Gasteiger partial charge in [-0.2, -0.15) is 0 Å². The monoisotopic (exact) mass is 292 g/mol. The number of ether oxygens (including phenoxy) is 2. The van der Waals surface area contributed by atoms with Crippen molar-refractivity contribution in [1.29, 1.82) is 0 Å². The molecule has 0 saturated carbocycles. The maximum Gasteiger partial charge on any atom is 0.383 e. The molecule has 0 unspecified atom stereocenters. The first-order valence-corrected chi connectivity index (χ1v) is 6.49. The molecule has 6 heteroatoms. The summed E-state index contributed by atoms with van der Waals surface area (Å²) in [5.41, 5.74) is -0.572. The zero-order valence-corrected chi connectivity index (χ0v) is 11.5. The summed E-state index contributed by atoms with van der Waals surface area (Å²) in [7, 11) is 0. The van der Waals surface area contributed by atoms with Gasteiger partial charge in [0, 0.05) is 13.0 Å². The predicted molar refractivity (Wildman–Crippen MR) is 76.8 cm³/mol. The van der Waals surface area contributed by atoms with Crippen LogP contribution in [0, 0.1) is 0 Å². The summed E-state index contributed by atoms with van der Waals surface area (Å²) in [5.74, 6) is -0.273. The summed E-state index contributed by atoms with van der Waals surface area (Å²) >= 11 is 0. The van der Waals surface area contributed by atoms with Crippen LogP contribution in [-0.2, 0) is 0 Å². The second-order valence-electron chi connectivity index (χ2n) is 4.21. The fourth-order valence-corrected chi connectivity index (χ4v) is 1.79. The number of fused-ring (bicyclic) bond motifs is 1. The third-order valence-electron chi connectivity index (χ3n) is 2.71. The van der Waals surface area contributed by atoms with Crippen molar-refractivity contribution in [2.75, 3.05) is 13.2 Å². The highest BCUT2D eigenvalue weighted by Crippen LogP contribution is 2.37. The zero-order chi connectivity index (χ0) is 15.2. The van der Waals surface area contributed by atoms with E-state index in [9.17, 15) is 9.90 Å². The highest BCUT2D eigenvalue weighted by molar-refractivity contribution is 5.91. The lowest BCUT2D eigenvalue weighted by molar-refractivity contribution is 0.234. The third-order valence-corrected chi connectivity index (χ3v) is 2.71. The van der Waals surface area contributed by atoms with Gasteiger partial charge < -0.3 is 24.1 Å². The van der Waals surface area contributed by atoms with Crippen LogP contribution in [0.3, 0.4) is 0 Å². The number of benzene rings is 1. The molecule has 0 aliphatic carbocycles. The van der Waals surface area contributed by atoms with Crippen LogP contribution in [0.25, 0.3) is 11.0 Å². The summed E-state index contributed by atoms with van der Waals surface area (Å²) in [5, 5.41) is 19.3. The number of aliphatic hydroxyl groups excluding tert-OH is 1. The molecule has 112 valence electrons. The van der Waals surface area contributed by atoms with Gasteiger partial charge in [-0.05, 0) is 19.1 Å². The molecule has 0 spiro atoms. The minimum Gasteiger partial charge on any atom is -0.503 e. The number of allylic oxidation sites excluding steroid dienone is 1. The van der Waals surface area contributed by atoms with Gasteiger partial charge in [-0.25, -0.2) is 4.79 Å². The molecule has 0 radical (unpaired) electrons. The van der Waals surface area contributed by atoms with Crippen LogP contribution >= 0.6 is 0 Å². The van der Waals surface area contributed by atoms with Crippen molar-refractivity contribution < 1.29 is 24.1 Å². The molecule has 0 bridgehead atoms. The Kier molecular flexibility index (Phi) is 4.84. The lowest BCUT2D eigenvalue weighted by atomic mass is 10.2. The van der Waals surface area contributed by atoms with E-state index >= 15 is 0 Å². The number of aliphatic hydroxyl groups is 1. The molecule has 0 fully saturated rings. The van der Waals surface area contributed by atoms with Gasteiger partial charge in [0.1, 0.15) is 16.7 Å². The Morgan fingerprint density at radius 2 is 2.19 bits per heavy atom. The van der Waals surface area contributed by atoms with Gasteiger partial charge >= 0.3 is 5.63 Å². The molecule has 1 aromatic heterocycles. The smallest absolute Gasteiger partial charge is 0.383 e. The summed E-state index contributed by atoms with van der Waals surface area (Å²) in [6.07, 6.45) is 3.30. The minimum absolute atomic E-state index is 0.00148. The van der Waals surface area contributed by atoms with E-state index in [0.717, 1.165) is 0 Å². The van der Waals surface area contributed by atoms with Crippen LogP contribution in [0.1, 0.15) is 13.3 Å². The molecule has 2 aromatic rings. The van der Waals surface area contributed by atoms with Crippen LogP contribution in [-0.4, -0.2) is 23.4 Å². The Morgan fingerprint density at radius 1 is 1.38 bits per heavy atom. The molecular weight excluding hydrogens is 276 g/mol. The molecule has 21 heavy (non-hydrogen) atoms. The first kappa shape index (κ1) is 14.9. The Balaban J connectivity index is 2.53. The lowest BCUT2D eigenvalue weighted by Gasteiger charge is -2.10. The van der Waals surface area contributed by atoms with E-state index in [2.05, 4.69) is 0 Å². The summed E-state index contributed by atoms with van der Waals surface area (Å²) in [4.78, 5) is 11.8. The second kappa shape index (κ2) is 6.81. The van der Waals surface area contributed by atoms with Crippen LogP contribution in [0.15, 0.2) is 39.7 Å². The van der Waals surface area contributed by atoms with E-state index < -0.39 is 5.63 Å². The first-order valence-electron chi connectivity index (χ1n) is 6.49. The SMILES string of the molecule is C/C=C\Oc1c(O)c2c(OCCCO)cccc2oc1=O. The molecule has 2 N–H and O–H groups in total. The first-order chi connectivity index (χ1) is 10.2. The predicted octanol–water partition coefficient (Wildman–Crippen LogP) is 2.17. The Morgan fingerprint density at radius 3 is 2.90 bits per heavy atom. The molecule has 0 aliphatic rings. The Bertz CT molecular complexity index is 701. The zero-order valence-electron chi connectivity index (χ0n) is 11.5. The molecule has 0 amide bonds. The van der Waals surface area contributed by atoms with Crippen molar-refractivity contribution in [3.05, 3.63) is 41.0 Å². The molecular formula is C15H16O6. The van der Waals surface area contributed by atoms with E-state index in [1.54, 1.807) is 31.2 Å². The second-order valence-corrected chi connectivity index (χ2v) is 4.21. The van der Waals surface area contributed by atoms with Gasteiger partial charge in [0.2, 0.25) is 0 Å². The molecule has 0 aliphatic heterocycles. The van der Waals surface area contributed by atoms with Gasteiger partial charge in [0.15, 0.2) is 5.75 Å². The normalized spacial score (nSPS) is 11.1. The molecule has 1 aromatic carbocycles. The minimum atomic E-state index is -0.773. The van der Waals surface area contributed by atoms with Gasteiger partial charge in [-0.1, -0.05) is 12.1 Å². The number of rotatable bonds is 6. The van der Waals surface area contributed by atoms with E-state index in [1.807, 2.05) is 0 Å². The summed E-state index contributed by atoms with van der Waals surface area (Å²) in [6.45, 7) is 1.99. The average Bonchev–Trinajstić information content (AvgIpc) is 2.47. The van der Waals surface area contributed by atoms with Crippen LogP contribution in [0.2, 0.25) is 0 Å². The average molecular weight is 292 g/mol. The fraction of sp³-hybridized carbons (Fsp3) is 0.267. The van der Waals surface area contributed by atoms with Crippen LogP contribution in [0.4, 0.5) is 0 Å². The molecule has 0 saturated heterocycles. The van der Waals surface area contributed by atoms with Gasteiger partial charge in [-0.15, -0.1) is 0 Å². The van der Waals surface area contributed by atoms with Crippen molar-refractivity contribution in [3.8, 4) is 17.2 Å². The highest BCUT2D eigenvalue weighted by atomic mass is 16.5. The standard InChI is InChI=1S/C15H16O6/c1-2-8-20-14-13(17)12-10(19-9-4-7-16)5-3-6-11(12)21-15(14)18/h2-3,5-6,8,16-17H,4,7,9H2,1H3/b8-2-. The topological polar surface area (TPSA) is 89.1 Å². The van der Waals surface area contributed by atoms with E-state index in [4.69, 9.17) is 19.0 Å². The van der Waals surface area contributed by atoms with E-state index in [0.29, 0.717) is 12.2 Å². The van der Waals surface area contributed by atoms with Gasteiger partial charge in [0.05, 0.1) is 12.9 Å². The van der Waals surface area contributed by atoms with Crippen molar-refractivity contribution in [2.24, 2.45) is 0 Å². The van der Waals surface area contributed by atoms with Crippen molar-refractivity contribution in [1.82, 2.24) is 0 Å². The van der Waals surface area contributed by atoms with E-state index in [1.165, 1.54) is 6.26 Å². The third kappa shape index (κ3) is 3.17. The summed E-state index contributed by atoms with van der Waals surface area (Å²) < 4.78 is 15.7. The number of hydrogen-bond acceptors (Lipinski definition) is 6. The maximum absolute atomic E-state index is 11.8. The van der Waals surface area contributed by atoms with Gasteiger partial charge in [-0.3, -0.25) is 0 Å². The Hall–Kier alpha value is -2.47.